The summed E-state index contributed by atoms with van der Waals surface area (Å²) < 4.78 is 5.82. The zero-order valence-corrected chi connectivity index (χ0v) is 25.7. The van der Waals surface area contributed by atoms with Gasteiger partial charge in [0.1, 0.15) is 5.75 Å². The molecular formula is C32H38N4O3S2. The molecule has 9 heteroatoms. The molecule has 0 heterocycles. The molecule has 0 saturated heterocycles. The lowest BCUT2D eigenvalue weighted by atomic mass is 10.1. The summed E-state index contributed by atoms with van der Waals surface area (Å²) in [5, 5.41) is 6.25. The van der Waals surface area contributed by atoms with Crippen LogP contribution in [0.15, 0.2) is 86.6 Å². The van der Waals surface area contributed by atoms with E-state index in [-0.39, 0.29) is 5.91 Å². The first-order valence-corrected chi connectivity index (χ1v) is 15.1. The number of nitrogens with one attached hydrogen (secondary N) is 2. The van der Waals surface area contributed by atoms with E-state index in [0.717, 1.165) is 62.3 Å². The number of nitrogens with zero attached hydrogens (tertiary/aromatic N) is 2. The van der Waals surface area contributed by atoms with Gasteiger partial charge >= 0.3 is 0 Å². The smallest absolute Gasteiger partial charge is 0.251 e. The first-order valence-electron chi connectivity index (χ1n) is 13.3. The molecule has 0 unspecified atom stereocenters. The van der Waals surface area contributed by atoms with Crippen molar-refractivity contribution in [2.45, 2.75) is 28.9 Å². The first kappa shape index (κ1) is 32.0. The fraction of sp³-hybridized carbons (Fsp3) is 0.281. The van der Waals surface area contributed by atoms with E-state index in [1.807, 2.05) is 56.4 Å². The first-order chi connectivity index (χ1) is 19.9. The van der Waals surface area contributed by atoms with Crippen LogP contribution >= 0.6 is 23.5 Å². The van der Waals surface area contributed by atoms with Gasteiger partial charge in [0.15, 0.2) is 6.29 Å². The number of hydrogen-bond donors (Lipinski definition) is 2. The number of thioether (sulfide) groups is 1. The molecule has 216 valence electrons. The summed E-state index contributed by atoms with van der Waals surface area (Å²) >= 11 is 3.10. The van der Waals surface area contributed by atoms with Crippen molar-refractivity contribution in [1.82, 2.24) is 10.2 Å². The summed E-state index contributed by atoms with van der Waals surface area (Å²) in [7, 11) is 5.94. The third-order valence-electron chi connectivity index (χ3n) is 6.21. The standard InChI is InChI=1S/C32H38N4O3S2/c1-23-28(15-16-30(31(23)34-3)41-29-10-7-6-9-25(29)21-37)32(38)35-20-27(19-33-2)40-22-24-11-13-26(14-12-24)39-18-8-17-36(4)5/h6-7,9-16,19,21,34H,2,8,17-18,20,22H2,1,3-5H3,(H,35,38)/b27-19-. The Balaban J connectivity index is 1.59. The van der Waals surface area contributed by atoms with Crippen molar-refractivity contribution in [1.29, 1.82) is 0 Å². The van der Waals surface area contributed by atoms with E-state index < -0.39 is 0 Å². The molecule has 3 aromatic rings. The lowest BCUT2D eigenvalue weighted by molar-refractivity contribution is 0.0956. The zero-order chi connectivity index (χ0) is 29.6. The molecular weight excluding hydrogens is 553 g/mol. The number of hydrogen-bond acceptors (Lipinski definition) is 8. The van der Waals surface area contributed by atoms with Gasteiger partial charge in [0, 0.05) is 51.4 Å². The monoisotopic (exact) mass is 590 g/mol. The van der Waals surface area contributed by atoms with Gasteiger partial charge in [0.25, 0.3) is 5.91 Å². The average Bonchev–Trinajstić information content (AvgIpc) is 2.97. The predicted molar refractivity (Wildman–Crippen MR) is 173 cm³/mol. The van der Waals surface area contributed by atoms with Crippen LogP contribution < -0.4 is 15.4 Å². The number of rotatable bonds is 16. The molecule has 0 fully saturated rings. The van der Waals surface area contributed by atoms with Crippen molar-refractivity contribution >= 4 is 48.1 Å². The third-order valence-corrected chi connectivity index (χ3v) is 8.46. The zero-order valence-electron chi connectivity index (χ0n) is 24.1. The van der Waals surface area contributed by atoms with E-state index in [2.05, 4.69) is 53.5 Å². The summed E-state index contributed by atoms with van der Waals surface area (Å²) in [4.78, 5) is 33.4. The van der Waals surface area contributed by atoms with Crippen LogP contribution in [0.5, 0.6) is 5.75 Å². The minimum atomic E-state index is -0.171. The molecule has 2 N–H and O–H groups in total. The van der Waals surface area contributed by atoms with E-state index in [4.69, 9.17) is 4.74 Å². The minimum Gasteiger partial charge on any atom is -0.494 e. The van der Waals surface area contributed by atoms with E-state index in [1.54, 1.807) is 24.0 Å². The number of carbonyl (C=O) groups excluding carboxylic acids is 2. The van der Waals surface area contributed by atoms with Crippen molar-refractivity contribution in [2.24, 2.45) is 4.99 Å². The predicted octanol–water partition coefficient (Wildman–Crippen LogP) is 6.54. The van der Waals surface area contributed by atoms with Gasteiger partial charge < -0.3 is 20.3 Å². The second-order valence-corrected chi connectivity index (χ2v) is 11.7. The Hall–Kier alpha value is -3.53. The van der Waals surface area contributed by atoms with E-state index in [9.17, 15) is 9.59 Å². The molecule has 0 aliphatic heterocycles. The molecule has 41 heavy (non-hydrogen) atoms. The second-order valence-electron chi connectivity index (χ2n) is 9.52. The number of benzene rings is 3. The maximum Gasteiger partial charge on any atom is 0.251 e. The van der Waals surface area contributed by atoms with Crippen LogP contribution in [0.2, 0.25) is 0 Å². The Morgan fingerprint density at radius 3 is 2.51 bits per heavy atom. The summed E-state index contributed by atoms with van der Waals surface area (Å²) in [6, 6.07) is 19.3. The maximum absolute atomic E-state index is 13.2. The molecule has 3 aromatic carbocycles. The highest BCUT2D eigenvalue weighted by Gasteiger charge is 2.16. The van der Waals surface area contributed by atoms with Gasteiger partial charge in [-0.3, -0.25) is 14.6 Å². The molecule has 0 radical (unpaired) electrons. The Morgan fingerprint density at radius 2 is 1.83 bits per heavy atom. The van der Waals surface area contributed by atoms with E-state index in [0.29, 0.717) is 24.3 Å². The molecule has 7 nitrogen and oxygen atoms in total. The average molecular weight is 591 g/mol. The van der Waals surface area contributed by atoms with Gasteiger partial charge in [-0.15, -0.1) is 11.8 Å². The molecule has 0 spiro atoms. The van der Waals surface area contributed by atoms with Crippen LogP contribution in [0.4, 0.5) is 5.69 Å². The molecule has 0 bridgehead atoms. The van der Waals surface area contributed by atoms with Crippen LogP contribution in [-0.4, -0.2) is 64.7 Å². The number of aliphatic imine (C=N–C) groups is 1. The van der Waals surface area contributed by atoms with Crippen LogP contribution in [-0.2, 0) is 5.75 Å². The summed E-state index contributed by atoms with van der Waals surface area (Å²) in [5.41, 5.74) is 4.05. The number of ether oxygens (including phenoxy) is 1. The SMILES string of the molecule is C=N/C=C(/CNC(=O)c1ccc(Sc2ccccc2C=O)c(NC)c1C)SCc1ccc(OCCCN(C)C)cc1. The quantitative estimate of drug-likeness (QED) is 0.111. The maximum atomic E-state index is 13.2. The fourth-order valence-corrected chi connectivity index (χ4v) is 6.02. The van der Waals surface area contributed by atoms with Crippen LogP contribution in [0.1, 0.15) is 38.3 Å². The van der Waals surface area contributed by atoms with Crippen molar-refractivity contribution in [3.05, 3.63) is 94.0 Å². The van der Waals surface area contributed by atoms with Crippen molar-refractivity contribution in [3.8, 4) is 5.75 Å². The van der Waals surface area contributed by atoms with Gasteiger partial charge in [0.2, 0.25) is 0 Å². The van der Waals surface area contributed by atoms with E-state index >= 15 is 0 Å². The highest BCUT2D eigenvalue weighted by Crippen LogP contribution is 2.37. The molecule has 0 aliphatic rings. The molecule has 0 aliphatic carbocycles. The van der Waals surface area contributed by atoms with Crippen LogP contribution in [0.3, 0.4) is 0 Å². The van der Waals surface area contributed by atoms with Gasteiger partial charge in [-0.2, -0.15) is 0 Å². The number of amides is 1. The van der Waals surface area contributed by atoms with E-state index in [1.165, 1.54) is 11.8 Å². The Kier molecular flexibility index (Phi) is 13.0. The van der Waals surface area contributed by atoms with Gasteiger partial charge in [-0.1, -0.05) is 42.1 Å². The summed E-state index contributed by atoms with van der Waals surface area (Å²) in [6.45, 7) is 7.53. The van der Waals surface area contributed by atoms with Crippen LogP contribution in [0, 0.1) is 6.92 Å². The molecule has 1 amide bonds. The summed E-state index contributed by atoms with van der Waals surface area (Å²) in [6.07, 6.45) is 3.52. The number of aldehydes is 1. The Labute approximate surface area is 251 Å². The van der Waals surface area contributed by atoms with Gasteiger partial charge in [0.05, 0.1) is 18.8 Å². The third kappa shape index (κ3) is 9.81. The minimum absolute atomic E-state index is 0.171. The lowest BCUT2D eigenvalue weighted by Gasteiger charge is -2.16. The lowest BCUT2D eigenvalue weighted by Crippen LogP contribution is -2.26. The highest BCUT2D eigenvalue weighted by molar-refractivity contribution is 8.02. The summed E-state index contributed by atoms with van der Waals surface area (Å²) in [5.74, 6) is 1.42. The van der Waals surface area contributed by atoms with Gasteiger partial charge in [-0.25, -0.2) is 0 Å². The highest BCUT2D eigenvalue weighted by atomic mass is 32.2. The fourth-order valence-electron chi connectivity index (χ4n) is 4.04. The second kappa shape index (κ2) is 16.7. The molecule has 0 atom stereocenters. The molecule has 0 saturated carbocycles. The van der Waals surface area contributed by atoms with Gasteiger partial charge in [-0.05, 0) is 75.6 Å². The van der Waals surface area contributed by atoms with Crippen molar-refractivity contribution in [2.75, 3.05) is 46.2 Å². The Bertz CT molecular complexity index is 1360. The normalized spacial score (nSPS) is 11.3. The topological polar surface area (TPSA) is 83.0 Å². The van der Waals surface area contributed by atoms with Crippen molar-refractivity contribution < 1.29 is 14.3 Å². The largest absolute Gasteiger partial charge is 0.494 e. The Morgan fingerprint density at radius 1 is 1.07 bits per heavy atom. The number of carbonyl (C=O) groups is 2. The van der Waals surface area contributed by atoms with Crippen LogP contribution in [0.25, 0.3) is 0 Å². The molecule has 3 rings (SSSR count). The number of anilines is 1. The van der Waals surface area contributed by atoms with Crippen molar-refractivity contribution in [3.63, 3.8) is 0 Å². The molecule has 0 aromatic heterocycles.